The largest absolute Gasteiger partial charge is 0.309 e. The fraction of sp³-hybridized carbons (Fsp3) is 0.0234. The topological polar surface area (TPSA) is 95.2 Å². The second-order valence-corrected chi connectivity index (χ2v) is 36.0. The fourth-order valence-electron chi connectivity index (χ4n) is 21.6. The van der Waals surface area contributed by atoms with Gasteiger partial charge in [-0.25, -0.2) is 24.9 Å². The summed E-state index contributed by atoms with van der Waals surface area (Å²) in [7, 11) is 0. The van der Waals surface area contributed by atoms with Gasteiger partial charge in [0.15, 0.2) is 23.3 Å². The third kappa shape index (κ3) is 13.2. The minimum atomic E-state index is -0.0173. The molecule has 0 bridgehead atoms. The van der Waals surface area contributed by atoms with Crippen LogP contribution in [0.2, 0.25) is 0 Å². The lowest BCUT2D eigenvalue weighted by Crippen LogP contribution is -2.14. The van der Waals surface area contributed by atoms with E-state index in [1.165, 1.54) is 163 Å². The number of pyridine rings is 2. The van der Waals surface area contributed by atoms with Crippen molar-refractivity contribution in [2.75, 3.05) is 0 Å². The van der Waals surface area contributed by atoms with E-state index in [0.29, 0.717) is 23.2 Å². The molecule has 0 spiro atoms. The van der Waals surface area contributed by atoms with Crippen molar-refractivity contribution in [3.05, 3.63) is 473 Å². The lowest BCUT2D eigenvalue weighted by molar-refractivity contribution is 0.660. The van der Waals surface area contributed by atoms with Gasteiger partial charge in [0.25, 0.3) is 0 Å². The summed E-state index contributed by atoms with van der Waals surface area (Å²) in [5.74, 6) is 2.46. The average Bonchev–Trinajstić information content (AvgIpc) is 1.01. The molecule has 27 aromatic rings. The Bertz CT molecular complexity index is 9520. The number of nitrogens with zero attached hydrogens (tertiary/aromatic N) is 8. The Hall–Kier alpha value is -17.9. The molecular weight excluding hydrogens is 1650 g/mol. The second kappa shape index (κ2) is 32.3. The Morgan fingerprint density at radius 1 is 0.199 bits per heavy atom. The van der Waals surface area contributed by atoms with Crippen LogP contribution in [0.25, 0.3) is 258 Å². The van der Waals surface area contributed by atoms with Gasteiger partial charge in [-0.1, -0.05) is 372 Å². The van der Waals surface area contributed by atoms with E-state index in [9.17, 15) is 0 Å². The number of benzene rings is 22. The zero-order chi connectivity index (χ0) is 90.1. The standard InChI is InChI=1S/C52H31N5.C38H24N2.C38H27N/c1-2-14-34(15-3-1)57-46-24-11-10-19-39(46)43-30-33(26-28-47(43)57)51-54-50(55-52(56-51)45-23-12-13-29-53-45)32-25-27-38-37-18-6-8-21-41(37)48-40-20-7-4-16-35(40)36-17-5-9-22-42(36)49(48)44(38)31-32;1-3-13-25(14-4-1)35-24-36(26-15-5-2-6-16-26)40-38(39-35)34-23-33-29-19-8-7-17-27(29)28-18-9-11-21-31(28)37(33)32-22-12-10-20-30(32)34;1-38(2)36-10-6-5-9-33(36)34-18-15-27(21-37(34)38)29-19-28(22-39-23-29)26-12-11-25-14-16-31-30-8-4-3-7-24(30)13-17-32(31)35(25)20-26/h1-31H;1-24H;3-23H,1-2H3. The Morgan fingerprint density at radius 3 is 1.23 bits per heavy atom. The zero-order valence-corrected chi connectivity index (χ0v) is 74.5. The SMILES string of the molecule is CC1(C)c2ccccc2-c2ccc(-c3cncc(-c4ccc5ccc6c7ccccc7ccc6c5c4)c3)cc21.c1ccc(-c2cc(-c3ccccc3)nc(-c3cc4c5ccccc5c5ccccc5c4c4ccccc34)n2)cc1.c1ccc(-n2c3ccccc3c3cc(-c4nc(-c5ccc6c7ccccc7c7c8ccccc8c8ccccc8c7c6c5)nc(-c5ccccn5)n4)ccc32)cc1. The maximum absolute atomic E-state index is 5.26. The quantitative estimate of drug-likeness (QED) is 0.133. The summed E-state index contributed by atoms with van der Waals surface area (Å²) in [6, 6.07) is 158. The first kappa shape index (κ1) is 79.1. The third-order valence-corrected chi connectivity index (χ3v) is 28.0. The Morgan fingerprint density at radius 2 is 0.603 bits per heavy atom. The van der Waals surface area contributed by atoms with Gasteiger partial charge >= 0.3 is 0 Å². The lowest BCUT2D eigenvalue weighted by atomic mass is 9.81. The number of hydrogen-bond acceptors (Lipinski definition) is 7. The minimum Gasteiger partial charge on any atom is -0.309 e. The van der Waals surface area contributed by atoms with E-state index in [1.807, 2.05) is 42.7 Å². The van der Waals surface area contributed by atoms with Gasteiger partial charge in [-0.3, -0.25) is 9.97 Å². The summed E-state index contributed by atoms with van der Waals surface area (Å²) < 4.78 is 2.32. The van der Waals surface area contributed by atoms with E-state index in [1.54, 1.807) is 6.20 Å². The van der Waals surface area contributed by atoms with Crippen molar-refractivity contribution in [2.24, 2.45) is 0 Å². The molecule has 136 heavy (non-hydrogen) atoms. The number of hydrogen-bond donors (Lipinski definition) is 0. The average molecular weight is 1730 g/mol. The molecule has 5 aromatic heterocycles. The highest BCUT2D eigenvalue weighted by Gasteiger charge is 2.36. The molecule has 0 amide bonds. The molecule has 22 aromatic carbocycles. The molecule has 0 N–H and O–H groups in total. The highest BCUT2D eigenvalue weighted by atomic mass is 15.0. The van der Waals surface area contributed by atoms with Crippen molar-refractivity contribution in [2.45, 2.75) is 19.3 Å². The van der Waals surface area contributed by atoms with Crippen LogP contribution in [0, 0.1) is 0 Å². The van der Waals surface area contributed by atoms with Gasteiger partial charge in [-0.2, -0.15) is 0 Å². The van der Waals surface area contributed by atoms with Crippen LogP contribution in [0.5, 0.6) is 0 Å². The molecular formula is C128H82N8. The first-order valence-electron chi connectivity index (χ1n) is 46.5. The van der Waals surface area contributed by atoms with Gasteiger partial charge in [-0.05, 0) is 248 Å². The molecule has 0 unspecified atom stereocenters. The smallest absolute Gasteiger partial charge is 0.182 e. The van der Waals surface area contributed by atoms with Crippen molar-refractivity contribution in [3.8, 4) is 107 Å². The molecule has 1 aliphatic rings. The monoisotopic (exact) mass is 1730 g/mol. The predicted molar refractivity (Wildman–Crippen MR) is 569 cm³/mol. The predicted octanol–water partition coefficient (Wildman–Crippen LogP) is 33.4. The van der Waals surface area contributed by atoms with Crippen molar-refractivity contribution in [1.29, 1.82) is 0 Å². The van der Waals surface area contributed by atoms with Gasteiger partial charge in [0.1, 0.15) is 5.69 Å². The van der Waals surface area contributed by atoms with Crippen molar-refractivity contribution in [3.63, 3.8) is 0 Å². The highest BCUT2D eigenvalue weighted by Crippen LogP contribution is 2.52. The summed E-state index contributed by atoms with van der Waals surface area (Å²) in [6.07, 6.45) is 5.76. The van der Waals surface area contributed by atoms with Crippen LogP contribution in [0.1, 0.15) is 25.0 Å². The molecule has 0 saturated heterocycles. The van der Waals surface area contributed by atoms with E-state index >= 15 is 0 Å². The van der Waals surface area contributed by atoms with Gasteiger partial charge in [-0.15, -0.1) is 0 Å². The summed E-state index contributed by atoms with van der Waals surface area (Å²) >= 11 is 0. The molecule has 0 fully saturated rings. The molecule has 28 rings (SSSR count). The maximum Gasteiger partial charge on any atom is 0.182 e. The van der Waals surface area contributed by atoms with E-state index in [0.717, 1.165) is 83.6 Å². The molecule has 0 aliphatic heterocycles. The molecule has 0 atom stereocenters. The molecule has 8 heteroatoms. The summed E-state index contributed by atoms with van der Waals surface area (Å²) in [6.45, 7) is 4.66. The van der Waals surface area contributed by atoms with Crippen LogP contribution in [0.4, 0.5) is 0 Å². The number of rotatable bonds is 9. The van der Waals surface area contributed by atoms with Crippen molar-refractivity contribution >= 4 is 151 Å². The van der Waals surface area contributed by atoms with Crippen LogP contribution < -0.4 is 0 Å². The molecule has 1 aliphatic carbocycles. The third-order valence-electron chi connectivity index (χ3n) is 28.0. The van der Waals surface area contributed by atoms with E-state index < -0.39 is 0 Å². The summed E-state index contributed by atoms with van der Waals surface area (Å²) in [4.78, 5) is 35.2. The summed E-state index contributed by atoms with van der Waals surface area (Å²) in [5, 5.41) is 32.2. The van der Waals surface area contributed by atoms with Crippen LogP contribution in [0.15, 0.2) is 461 Å². The molecule has 634 valence electrons. The van der Waals surface area contributed by atoms with Crippen molar-refractivity contribution in [1.82, 2.24) is 39.5 Å². The summed E-state index contributed by atoms with van der Waals surface area (Å²) in [5.41, 5.74) is 21.1. The number of para-hydroxylation sites is 2. The zero-order valence-electron chi connectivity index (χ0n) is 74.5. The van der Waals surface area contributed by atoms with E-state index in [2.05, 4.69) is 436 Å². The Balaban J connectivity index is 0.000000109. The van der Waals surface area contributed by atoms with Gasteiger partial charge in [0.05, 0.1) is 22.4 Å². The Labute approximate surface area is 784 Å². The molecule has 0 saturated carbocycles. The van der Waals surface area contributed by atoms with Gasteiger partial charge in [0.2, 0.25) is 0 Å². The van der Waals surface area contributed by atoms with Gasteiger partial charge < -0.3 is 4.57 Å². The highest BCUT2D eigenvalue weighted by molar-refractivity contribution is 6.40. The lowest BCUT2D eigenvalue weighted by Gasteiger charge is -2.22. The second-order valence-electron chi connectivity index (χ2n) is 36.0. The number of fused-ring (bicyclic) bond motifs is 30. The first-order valence-corrected chi connectivity index (χ1v) is 46.5. The van der Waals surface area contributed by atoms with E-state index in [4.69, 9.17) is 29.9 Å². The van der Waals surface area contributed by atoms with Crippen LogP contribution >= 0.6 is 0 Å². The van der Waals surface area contributed by atoms with Gasteiger partial charge in [0, 0.05) is 79.4 Å². The van der Waals surface area contributed by atoms with Crippen LogP contribution in [0.3, 0.4) is 0 Å². The van der Waals surface area contributed by atoms with Crippen LogP contribution in [-0.4, -0.2) is 39.5 Å². The fourth-order valence-corrected chi connectivity index (χ4v) is 21.6. The van der Waals surface area contributed by atoms with E-state index in [-0.39, 0.29) is 5.41 Å². The minimum absolute atomic E-state index is 0.0173. The molecule has 0 radical (unpaired) electrons. The van der Waals surface area contributed by atoms with Crippen LogP contribution in [-0.2, 0) is 5.41 Å². The normalized spacial score (nSPS) is 12.2. The molecule has 8 nitrogen and oxygen atoms in total. The molecule has 5 heterocycles. The Kier molecular flexibility index (Phi) is 18.8. The van der Waals surface area contributed by atoms with Crippen molar-refractivity contribution < 1.29 is 0 Å². The maximum atomic E-state index is 5.26. The number of aromatic nitrogens is 8. The first-order chi connectivity index (χ1) is 67.2.